The summed E-state index contributed by atoms with van der Waals surface area (Å²) in [5.41, 5.74) is 7.80. The molecule has 5 heteroatoms. The highest BCUT2D eigenvalue weighted by molar-refractivity contribution is 5.69. The number of methoxy groups -OCH3 is 1. The van der Waals surface area contributed by atoms with Gasteiger partial charge in [-0.15, -0.1) is 0 Å². The highest BCUT2D eigenvalue weighted by Gasteiger charge is 2.08. The molecule has 0 atom stereocenters. The van der Waals surface area contributed by atoms with Crippen molar-refractivity contribution in [3.05, 3.63) is 24.4 Å². The number of hydrogen-bond donors (Lipinski definition) is 1. The van der Waals surface area contributed by atoms with Crippen LogP contribution < -0.4 is 10.5 Å². The SMILES string of the molecule is COc1ccc(N)c(-c2ccn(C)n2)n1. The number of nitrogens with two attached hydrogens (primary N) is 1. The van der Waals surface area contributed by atoms with Gasteiger partial charge in [0.05, 0.1) is 12.8 Å². The summed E-state index contributed by atoms with van der Waals surface area (Å²) in [7, 11) is 3.42. The molecule has 0 spiro atoms. The van der Waals surface area contributed by atoms with Gasteiger partial charge >= 0.3 is 0 Å². The summed E-state index contributed by atoms with van der Waals surface area (Å²) < 4.78 is 6.74. The van der Waals surface area contributed by atoms with Crippen LogP contribution in [0.5, 0.6) is 5.88 Å². The van der Waals surface area contributed by atoms with Crippen LogP contribution in [0, 0.1) is 0 Å². The van der Waals surface area contributed by atoms with Crippen LogP contribution >= 0.6 is 0 Å². The summed E-state index contributed by atoms with van der Waals surface area (Å²) in [5, 5.41) is 4.24. The van der Waals surface area contributed by atoms with Gasteiger partial charge in [0.2, 0.25) is 5.88 Å². The van der Waals surface area contributed by atoms with E-state index in [1.54, 1.807) is 23.9 Å². The van der Waals surface area contributed by atoms with Gasteiger partial charge in [0.15, 0.2) is 0 Å². The van der Waals surface area contributed by atoms with Crippen molar-refractivity contribution in [2.24, 2.45) is 7.05 Å². The van der Waals surface area contributed by atoms with E-state index in [1.165, 1.54) is 0 Å². The van der Waals surface area contributed by atoms with Gasteiger partial charge in [0, 0.05) is 19.3 Å². The first-order valence-electron chi connectivity index (χ1n) is 4.51. The van der Waals surface area contributed by atoms with Crippen LogP contribution in [0.1, 0.15) is 0 Å². The number of aromatic nitrogens is 3. The van der Waals surface area contributed by atoms with E-state index in [4.69, 9.17) is 10.5 Å². The van der Waals surface area contributed by atoms with Crippen molar-refractivity contribution in [1.29, 1.82) is 0 Å². The molecule has 2 N–H and O–H groups in total. The molecule has 0 unspecified atom stereocenters. The summed E-state index contributed by atoms with van der Waals surface area (Å²) in [5.74, 6) is 0.532. The minimum absolute atomic E-state index is 0.532. The molecular weight excluding hydrogens is 192 g/mol. The van der Waals surface area contributed by atoms with Gasteiger partial charge in [-0.3, -0.25) is 4.68 Å². The Morgan fingerprint density at radius 1 is 1.33 bits per heavy atom. The number of anilines is 1. The van der Waals surface area contributed by atoms with E-state index in [0.717, 1.165) is 5.69 Å². The van der Waals surface area contributed by atoms with Crippen LogP contribution in [-0.2, 0) is 7.05 Å². The molecule has 0 aromatic carbocycles. The highest BCUT2D eigenvalue weighted by Crippen LogP contribution is 2.24. The maximum absolute atomic E-state index is 5.82. The predicted octanol–water partition coefficient (Wildman–Crippen LogP) is 1.07. The van der Waals surface area contributed by atoms with Gasteiger partial charge in [-0.25, -0.2) is 4.98 Å². The average molecular weight is 204 g/mol. The highest BCUT2D eigenvalue weighted by atomic mass is 16.5. The predicted molar refractivity (Wildman–Crippen MR) is 57.4 cm³/mol. The third kappa shape index (κ3) is 1.76. The Morgan fingerprint density at radius 3 is 2.73 bits per heavy atom. The molecular formula is C10H12N4O. The van der Waals surface area contributed by atoms with Crippen molar-refractivity contribution in [3.63, 3.8) is 0 Å². The lowest BCUT2D eigenvalue weighted by Crippen LogP contribution is -1.97. The van der Waals surface area contributed by atoms with Crippen molar-refractivity contribution in [2.75, 3.05) is 12.8 Å². The fourth-order valence-electron chi connectivity index (χ4n) is 1.31. The standard InChI is InChI=1S/C10H12N4O/c1-14-6-5-8(13-14)10-7(11)3-4-9(12-10)15-2/h3-6H,11H2,1-2H3. The summed E-state index contributed by atoms with van der Waals surface area (Å²) in [6, 6.07) is 5.34. The van der Waals surface area contributed by atoms with Crippen molar-refractivity contribution in [2.45, 2.75) is 0 Å². The second-order valence-corrected chi connectivity index (χ2v) is 3.17. The average Bonchev–Trinajstić information content (AvgIpc) is 2.65. The van der Waals surface area contributed by atoms with E-state index in [0.29, 0.717) is 17.3 Å². The fourth-order valence-corrected chi connectivity index (χ4v) is 1.31. The number of hydrogen-bond acceptors (Lipinski definition) is 4. The third-order valence-corrected chi connectivity index (χ3v) is 2.07. The molecule has 0 aliphatic heterocycles. The molecule has 2 aromatic heterocycles. The zero-order valence-electron chi connectivity index (χ0n) is 8.64. The molecule has 2 aromatic rings. The Balaban J connectivity index is 2.51. The Morgan fingerprint density at radius 2 is 2.13 bits per heavy atom. The largest absolute Gasteiger partial charge is 0.481 e. The Hall–Kier alpha value is -2.04. The zero-order valence-corrected chi connectivity index (χ0v) is 8.64. The van der Waals surface area contributed by atoms with Gasteiger partial charge in [-0.05, 0) is 12.1 Å². The molecule has 15 heavy (non-hydrogen) atoms. The van der Waals surface area contributed by atoms with Crippen LogP contribution in [0.4, 0.5) is 5.69 Å². The minimum atomic E-state index is 0.532. The quantitative estimate of drug-likeness (QED) is 0.794. The molecule has 5 nitrogen and oxygen atoms in total. The van der Waals surface area contributed by atoms with Crippen LogP contribution in [0.2, 0.25) is 0 Å². The first kappa shape index (κ1) is 9.51. The number of pyridine rings is 1. The lowest BCUT2D eigenvalue weighted by atomic mass is 10.2. The summed E-state index contributed by atoms with van der Waals surface area (Å²) in [6.45, 7) is 0. The maximum Gasteiger partial charge on any atom is 0.213 e. The Kier molecular flexibility index (Phi) is 2.29. The number of ether oxygens (including phenoxy) is 1. The first-order chi connectivity index (χ1) is 7.20. The number of nitrogens with zero attached hydrogens (tertiary/aromatic N) is 3. The van der Waals surface area contributed by atoms with E-state index in [1.807, 2.05) is 19.3 Å². The van der Waals surface area contributed by atoms with E-state index < -0.39 is 0 Å². The van der Waals surface area contributed by atoms with Crippen molar-refractivity contribution in [3.8, 4) is 17.3 Å². The second-order valence-electron chi connectivity index (χ2n) is 3.17. The van der Waals surface area contributed by atoms with Crippen molar-refractivity contribution >= 4 is 5.69 Å². The Bertz CT molecular complexity index is 478. The summed E-state index contributed by atoms with van der Waals surface area (Å²) in [6.07, 6.45) is 1.84. The van der Waals surface area contributed by atoms with Crippen LogP contribution in [0.15, 0.2) is 24.4 Å². The molecule has 0 aliphatic rings. The normalized spacial score (nSPS) is 10.3. The minimum Gasteiger partial charge on any atom is -0.481 e. The van der Waals surface area contributed by atoms with Crippen molar-refractivity contribution in [1.82, 2.24) is 14.8 Å². The van der Waals surface area contributed by atoms with Gasteiger partial charge in [-0.1, -0.05) is 0 Å². The zero-order chi connectivity index (χ0) is 10.8. The van der Waals surface area contributed by atoms with Crippen LogP contribution in [0.25, 0.3) is 11.4 Å². The van der Waals surface area contributed by atoms with Crippen molar-refractivity contribution < 1.29 is 4.74 Å². The number of nitrogen functional groups attached to an aromatic ring is 1. The molecule has 0 amide bonds. The number of rotatable bonds is 2. The molecule has 0 radical (unpaired) electrons. The van der Waals surface area contributed by atoms with Gasteiger partial charge < -0.3 is 10.5 Å². The second kappa shape index (κ2) is 3.61. The van der Waals surface area contributed by atoms with Gasteiger partial charge in [0.25, 0.3) is 0 Å². The lowest BCUT2D eigenvalue weighted by Gasteiger charge is -2.04. The maximum atomic E-state index is 5.82. The lowest BCUT2D eigenvalue weighted by molar-refractivity contribution is 0.398. The molecule has 0 bridgehead atoms. The molecule has 2 rings (SSSR count). The van der Waals surface area contributed by atoms with E-state index >= 15 is 0 Å². The summed E-state index contributed by atoms with van der Waals surface area (Å²) in [4.78, 5) is 4.25. The summed E-state index contributed by atoms with van der Waals surface area (Å²) >= 11 is 0. The van der Waals surface area contributed by atoms with E-state index in [-0.39, 0.29) is 0 Å². The number of aryl methyl sites for hydroxylation is 1. The molecule has 0 saturated heterocycles. The van der Waals surface area contributed by atoms with E-state index in [9.17, 15) is 0 Å². The third-order valence-electron chi connectivity index (χ3n) is 2.07. The molecule has 0 fully saturated rings. The monoisotopic (exact) mass is 204 g/mol. The first-order valence-corrected chi connectivity index (χ1v) is 4.51. The van der Waals surface area contributed by atoms with Gasteiger partial charge in [-0.2, -0.15) is 5.10 Å². The molecule has 0 saturated carbocycles. The fraction of sp³-hybridized carbons (Fsp3) is 0.200. The molecule has 78 valence electrons. The molecule has 2 heterocycles. The van der Waals surface area contributed by atoms with Crippen LogP contribution in [-0.4, -0.2) is 21.9 Å². The van der Waals surface area contributed by atoms with Gasteiger partial charge in [0.1, 0.15) is 11.4 Å². The smallest absolute Gasteiger partial charge is 0.213 e. The van der Waals surface area contributed by atoms with Crippen LogP contribution in [0.3, 0.4) is 0 Å². The topological polar surface area (TPSA) is 66.0 Å². The Labute approximate surface area is 87.5 Å². The molecule has 0 aliphatic carbocycles. The van der Waals surface area contributed by atoms with E-state index in [2.05, 4.69) is 10.1 Å².